The molecule has 0 rings (SSSR count). The standard InChI is InChI=1S/C75H126O6/c1-4-7-10-13-16-19-22-24-26-28-30-32-33-34-35-36-37-38-39-40-41-43-44-46-48-50-53-56-59-62-65-68-74(77)80-71-72(70-79-73(76)67-64-61-58-55-52-21-18-15-12-9-6-3)81-75(78)69-66-63-60-57-54-51-49-47-45-42-31-29-27-25-23-20-17-14-11-8-5-2/h7,10,16,19,23-26,29-32,34-35,37-38,40-41,45,47,72H,4-6,8-9,11-15,17-18,20-22,27-28,33,36,39,42-44,46,48-71H2,1-3H3/b10-7-,19-16-,25-23-,26-24-,31-29-,32-30-,35-34-,38-37-,41-40-,47-45-. The molecule has 0 radical (unpaired) electrons. The fraction of sp³-hybridized carbons (Fsp3) is 0.693. The highest BCUT2D eigenvalue weighted by atomic mass is 16.6. The molecule has 1 unspecified atom stereocenters. The molecule has 6 nitrogen and oxygen atoms in total. The Bertz CT molecular complexity index is 1670. The van der Waals surface area contributed by atoms with Crippen molar-refractivity contribution >= 4 is 17.9 Å². The smallest absolute Gasteiger partial charge is 0.306 e. The van der Waals surface area contributed by atoms with Crippen LogP contribution in [0.2, 0.25) is 0 Å². The van der Waals surface area contributed by atoms with Crippen LogP contribution in [0, 0.1) is 0 Å². The lowest BCUT2D eigenvalue weighted by Gasteiger charge is -2.18. The van der Waals surface area contributed by atoms with Crippen molar-refractivity contribution in [2.24, 2.45) is 0 Å². The number of unbranched alkanes of at least 4 members (excludes halogenated alkanes) is 30. The fourth-order valence-electron chi connectivity index (χ4n) is 9.37. The molecule has 0 N–H and O–H groups in total. The number of hydrogen-bond donors (Lipinski definition) is 0. The van der Waals surface area contributed by atoms with E-state index < -0.39 is 6.10 Å². The molecule has 0 aromatic heterocycles. The lowest BCUT2D eigenvalue weighted by molar-refractivity contribution is -0.167. The van der Waals surface area contributed by atoms with Crippen LogP contribution in [0.1, 0.15) is 316 Å². The van der Waals surface area contributed by atoms with E-state index in [-0.39, 0.29) is 31.1 Å². The van der Waals surface area contributed by atoms with Gasteiger partial charge in [-0.15, -0.1) is 0 Å². The minimum absolute atomic E-state index is 0.0843. The summed E-state index contributed by atoms with van der Waals surface area (Å²) in [6.45, 7) is 6.51. The molecule has 0 bridgehead atoms. The Morgan fingerprint density at radius 1 is 0.259 bits per heavy atom. The summed E-state index contributed by atoms with van der Waals surface area (Å²) in [4.78, 5) is 38.3. The zero-order valence-corrected chi connectivity index (χ0v) is 53.0. The van der Waals surface area contributed by atoms with Crippen LogP contribution in [0.4, 0.5) is 0 Å². The minimum Gasteiger partial charge on any atom is -0.462 e. The number of ether oxygens (including phenoxy) is 3. The number of carbonyl (C=O) groups excluding carboxylic acids is 3. The van der Waals surface area contributed by atoms with Gasteiger partial charge in [-0.3, -0.25) is 14.4 Å². The van der Waals surface area contributed by atoms with E-state index >= 15 is 0 Å². The average molecular weight is 1120 g/mol. The molecule has 1 atom stereocenters. The topological polar surface area (TPSA) is 78.9 Å². The summed E-state index contributed by atoms with van der Waals surface area (Å²) in [6.07, 6.45) is 95.0. The van der Waals surface area contributed by atoms with Gasteiger partial charge >= 0.3 is 17.9 Å². The predicted octanol–water partition coefficient (Wildman–Crippen LogP) is 23.6. The van der Waals surface area contributed by atoms with Crippen molar-refractivity contribution < 1.29 is 28.6 Å². The summed E-state index contributed by atoms with van der Waals surface area (Å²) in [5.41, 5.74) is 0. The lowest BCUT2D eigenvalue weighted by atomic mass is 10.1. The molecule has 0 aliphatic carbocycles. The quantitative estimate of drug-likeness (QED) is 0.0261. The normalized spacial score (nSPS) is 12.9. The summed E-state index contributed by atoms with van der Waals surface area (Å²) >= 11 is 0. The fourth-order valence-corrected chi connectivity index (χ4v) is 9.37. The Hall–Kier alpha value is -4.19. The van der Waals surface area contributed by atoms with Crippen molar-refractivity contribution in [3.05, 3.63) is 122 Å². The van der Waals surface area contributed by atoms with Gasteiger partial charge in [0.2, 0.25) is 0 Å². The van der Waals surface area contributed by atoms with E-state index in [2.05, 4.69) is 142 Å². The van der Waals surface area contributed by atoms with Crippen LogP contribution < -0.4 is 0 Å². The first-order valence-corrected chi connectivity index (χ1v) is 34.0. The second-order valence-corrected chi connectivity index (χ2v) is 22.4. The average Bonchev–Trinajstić information content (AvgIpc) is 3.47. The summed E-state index contributed by atoms with van der Waals surface area (Å²) in [5, 5.41) is 0. The Labute approximate surface area is 501 Å². The van der Waals surface area contributed by atoms with Crippen molar-refractivity contribution in [3.63, 3.8) is 0 Å². The van der Waals surface area contributed by atoms with Gasteiger partial charge < -0.3 is 14.2 Å². The third-order valence-corrected chi connectivity index (χ3v) is 14.5. The van der Waals surface area contributed by atoms with Crippen molar-refractivity contribution in [2.75, 3.05) is 13.2 Å². The van der Waals surface area contributed by atoms with E-state index in [9.17, 15) is 14.4 Å². The number of allylic oxidation sites excluding steroid dienone is 20. The Morgan fingerprint density at radius 2 is 0.481 bits per heavy atom. The van der Waals surface area contributed by atoms with Gasteiger partial charge in [0.25, 0.3) is 0 Å². The highest BCUT2D eigenvalue weighted by Gasteiger charge is 2.19. The SMILES string of the molecule is CC/C=C\C/C=C\C/C=C\C/C=C\C/C=C\C/C=C\C/C=C\CCCCCCCCCCCC(=O)OCC(COC(=O)CCCCCCCCCCCCC)OC(=O)CCCCCCCC/C=C\C/C=C\C/C=C\CCCCCCC. The highest BCUT2D eigenvalue weighted by molar-refractivity contribution is 5.71. The summed E-state index contributed by atoms with van der Waals surface area (Å²) in [5.74, 6) is -0.896. The van der Waals surface area contributed by atoms with E-state index in [0.29, 0.717) is 19.3 Å². The largest absolute Gasteiger partial charge is 0.462 e. The summed E-state index contributed by atoms with van der Waals surface area (Å²) < 4.78 is 16.9. The molecule has 0 saturated carbocycles. The van der Waals surface area contributed by atoms with Gasteiger partial charge in [0.1, 0.15) is 13.2 Å². The second-order valence-electron chi connectivity index (χ2n) is 22.4. The molecule has 0 amide bonds. The Balaban J connectivity index is 4.29. The zero-order valence-electron chi connectivity index (χ0n) is 53.0. The monoisotopic (exact) mass is 1120 g/mol. The van der Waals surface area contributed by atoms with E-state index in [1.54, 1.807) is 0 Å². The van der Waals surface area contributed by atoms with Crippen LogP contribution in [-0.2, 0) is 28.6 Å². The lowest BCUT2D eigenvalue weighted by Crippen LogP contribution is -2.30. The molecule has 6 heteroatoms. The molecule has 0 heterocycles. The van der Waals surface area contributed by atoms with E-state index in [1.165, 1.54) is 141 Å². The third kappa shape index (κ3) is 66.5. The van der Waals surface area contributed by atoms with Gasteiger partial charge in [-0.2, -0.15) is 0 Å². The van der Waals surface area contributed by atoms with E-state index in [1.807, 2.05) is 0 Å². The molecule has 0 aliphatic heterocycles. The van der Waals surface area contributed by atoms with Gasteiger partial charge in [0, 0.05) is 19.3 Å². The minimum atomic E-state index is -0.789. The van der Waals surface area contributed by atoms with Crippen LogP contribution in [0.15, 0.2) is 122 Å². The molecular weight excluding hydrogens is 997 g/mol. The Morgan fingerprint density at radius 3 is 0.753 bits per heavy atom. The van der Waals surface area contributed by atoms with E-state index in [0.717, 1.165) is 135 Å². The summed E-state index contributed by atoms with van der Waals surface area (Å²) in [7, 11) is 0. The molecule has 0 fully saturated rings. The number of esters is 3. The van der Waals surface area contributed by atoms with Gasteiger partial charge in [0.05, 0.1) is 0 Å². The van der Waals surface area contributed by atoms with Gasteiger partial charge in [0.15, 0.2) is 6.10 Å². The van der Waals surface area contributed by atoms with Crippen molar-refractivity contribution in [1.82, 2.24) is 0 Å². The first kappa shape index (κ1) is 76.8. The predicted molar refractivity (Wildman–Crippen MR) is 353 cm³/mol. The molecule has 0 aromatic rings. The molecular formula is C75H126O6. The van der Waals surface area contributed by atoms with Crippen LogP contribution in [0.25, 0.3) is 0 Å². The zero-order chi connectivity index (χ0) is 58.5. The molecule has 0 saturated heterocycles. The first-order chi connectivity index (χ1) is 40.0. The van der Waals surface area contributed by atoms with Crippen LogP contribution in [-0.4, -0.2) is 37.2 Å². The summed E-state index contributed by atoms with van der Waals surface area (Å²) in [6, 6.07) is 0. The highest BCUT2D eigenvalue weighted by Crippen LogP contribution is 2.16. The van der Waals surface area contributed by atoms with Gasteiger partial charge in [-0.1, -0.05) is 303 Å². The number of carbonyl (C=O) groups is 3. The molecule has 81 heavy (non-hydrogen) atoms. The van der Waals surface area contributed by atoms with Crippen LogP contribution >= 0.6 is 0 Å². The van der Waals surface area contributed by atoms with Gasteiger partial charge in [-0.05, 0) is 116 Å². The maximum atomic E-state index is 12.9. The molecule has 0 spiro atoms. The number of rotatable bonds is 61. The van der Waals surface area contributed by atoms with Crippen LogP contribution in [0.5, 0.6) is 0 Å². The van der Waals surface area contributed by atoms with Crippen molar-refractivity contribution in [2.45, 2.75) is 322 Å². The van der Waals surface area contributed by atoms with Crippen molar-refractivity contribution in [3.8, 4) is 0 Å². The van der Waals surface area contributed by atoms with Crippen LogP contribution in [0.3, 0.4) is 0 Å². The third-order valence-electron chi connectivity index (χ3n) is 14.5. The van der Waals surface area contributed by atoms with Gasteiger partial charge in [-0.25, -0.2) is 0 Å². The maximum absolute atomic E-state index is 12.9. The maximum Gasteiger partial charge on any atom is 0.306 e. The molecule has 0 aromatic carbocycles. The van der Waals surface area contributed by atoms with E-state index in [4.69, 9.17) is 14.2 Å². The molecule has 0 aliphatic rings. The number of hydrogen-bond acceptors (Lipinski definition) is 6. The van der Waals surface area contributed by atoms with Crippen molar-refractivity contribution in [1.29, 1.82) is 0 Å². The first-order valence-electron chi connectivity index (χ1n) is 34.0. The Kier molecular flexibility index (Phi) is 64.8. The second kappa shape index (κ2) is 68.3. The molecule has 462 valence electrons.